The van der Waals surface area contributed by atoms with Crippen molar-refractivity contribution in [3.05, 3.63) is 28.2 Å². The summed E-state index contributed by atoms with van der Waals surface area (Å²) in [6, 6.07) is 1.85. The number of piperidine rings is 1. The van der Waals surface area contributed by atoms with Gasteiger partial charge in [-0.05, 0) is 40.0 Å². The van der Waals surface area contributed by atoms with Gasteiger partial charge >= 0.3 is 5.97 Å². The third-order valence-electron chi connectivity index (χ3n) is 4.49. The van der Waals surface area contributed by atoms with E-state index in [0.29, 0.717) is 12.6 Å². The highest BCUT2D eigenvalue weighted by atomic mass is 16.4. The highest BCUT2D eigenvalue weighted by Gasteiger charge is 2.21. The van der Waals surface area contributed by atoms with E-state index in [2.05, 4.69) is 16.8 Å². The fourth-order valence-electron chi connectivity index (χ4n) is 2.98. The molecule has 1 aliphatic rings. The molecule has 1 saturated heterocycles. The van der Waals surface area contributed by atoms with Crippen LogP contribution < -0.4 is 5.43 Å². The second-order valence-corrected chi connectivity index (χ2v) is 6.30. The number of hydrogen-bond donors (Lipinski definition) is 2. The first-order valence-corrected chi connectivity index (χ1v) is 7.89. The second kappa shape index (κ2) is 7.61. The monoisotopic (exact) mass is 323 g/mol. The SMILES string of the molecule is CN1CCC(N(C)Cc2cc(=O)c(O)cn2CCC(=O)O)CC1. The number of hydrogen-bond acceptors (Lipinski definition) is 5. The Balaban J connectivity index is 2.12. The molecule has 128 valence electrons. The van der Waals surface area contributed by atoms with Crippen molar-refractivity contribution in [2.75, 3.05) is 27.2 Å². The second-order valence-electron chi connectivity index (χ2n) is 6.30. The molecule has 0 bridgehead atoms. The van der Waals surface area contributed by atoms with Gasteiger partial charge in [0.05, 0.1) is 12.6 Å². The molecule has 0 atom stereocenters. The van der Waals surface area contributed by atoms with Crippen molar-refractivity contribution in [1.82, 2.24) is 14.4 Å². The molecule has 1 aromatic rings. The van der Waals surface area contributed by atoms with Gasteiger partial charge in [-0.15, -0.1) is 0 Å². The predicted octanol–water partition coefficient (Wildman–Crippen LogP) is 0.555. The lowest BCUT2D eigenvalue weighted by atomic mass is 10.0. The molecule has 23 heavy (non-hydrogen) atoms. The predicted molar refractivity (Wildman–Crippen MR) is 86.6 cm³/mol. The molecule has 2 N–H and O–H groups in total. The van der Waals surface area contributed by atoms with Crippen LogP contribution >= 0.6 is 0 Å². The van der Waals surface area contributed by atoms with Gasteiger partial charge in [0, 0.05) is 30.9 Å². The maximum absolute atomic E-state index is 11.7. The number of rotatable bonds is 6. The number of aromatic hydroxyl groups is 1. The number of aryl methyl sites for hydroxylation is 1. The largest absolute Gasteiger partial charge is 0.503 e. The molecule has 7 heteroatoms. The minimum Gasteiger partial charge on any atom is -0.503 e. The average molecular weight is 323 g/mol. The molecule has 1 aliphatic heterocycles. The zero-order valence-electron chi connectivity index (χ0n) is 13.7. The van der Waals surface area contributed by atoms with E-state index in [4.69, 9.17) is 5.11 Å². The van der Waals surface area contributed by atoms with Crippen molar-refractivity contribution < 1.29 is 15.0 Å². The first kappa shape index (κ1) is 17.5. The van der Waals surface area contributed by atoms with Crippen LogP contribution in [-0.4, -0.2) is 63.8 Å². The van der Waals surface area contributed by atoms with Crippen LogP contribution in [0.3, 0.4) is 0 Å². The number of pyridine rings is 1. The standard InChI is InChI=1S/C16H25N3O4/c1-17-6-3-12(4-7-17)18(2)10-13-9-14(20)15(21)11-19(13)8-5-16(22)23/h9,11-12,21H,3-8,10H2,1-2H3,(H,22,23). The summed E-state index contributed by atoms with van der Waals surface area (Å²) in [5, 5.41) is 18.4. The highest BCUT2D eigenvalue weighted by Crippen LogP contribution is 2.17. The zero-order chi connectivity index (χ0) is 17.0. The Morgan fingerprint density at radius 3 is 2.65 bits per heavy atom. The Kier molecular flexibility index (Phi) is 5.79. The van der Waals surface area contributed by atoms with E-state index in [1.54, 1.807) is 4.57 Å². The van der Waals surface area contributed by atoms with E-state index in [1.165, 1.54) is 12.3 Å². The van der Waals surface area contributed by atoms with Gasteiger partial charge in [0.2, 0.25) is 5.43 Å². The fraction of sp³-hybridized carbons (Fsp3) is 0.625. The minimum absolute atomic E-state index is 0.0484. The summed E-state index contributed by atoms with van der Waals surface area (Å²) in [6.45, 7) is 2.90. The van der Waals surface area contributed by atoms with Crippen LogP contribution in [0.2, 0.25) is 0 Å². The summed E-state index contributed by atoms with van der Waals surface area (Å²) in [4.78, 5) is 27.0. The van der Waals surface area contributed by atoms with E-state index in [9.17, 15) is 14.7 Å². The Bertz CT molecular complexity index is 606. The number of carbonyl (C=O) groups is 1. The van der Waals surface area contributed by atoms with Crippen molar-refractivity contribution in [2.45, 2.75) is 38.4 Å². The molecule has 0 aliphatic carbocycles. The van der Waals surface area contributed by atoms with Crippen molar-refractivity contribution in [3.63, 3.8) is 0 Å². The Morgan fingerprint density at radius 1 is 1.39 bits per heavy atom. The van der Waals surface area contributed by atoms with Crippen LogP contribution in [-0.2, 0) is 17.9 Å². The van der Waals surface area contributed by atoms with Gasteiger partial charge in [0.1, 0.15) is 0 Å². The summed E-state index contributed by atoms with van der Waals surface area (Å²) in [5.74, 6) is -1.25. The van der Waals surface area contributed by atoms with Crippen LogP contribution in [0.5, 0.6) is 5.75 Å². The third kappa shape index (κ3) is 4.80. The van der Waals surface area contributed by atoms with Crippen LogP contribution in [0.15, 0.2) is 17.1 Å². The number of nitrogens with zero attached hydrogens (tertiary/aromatic N) is 3. The number of aromatic nitrogens is 1. The number of likely N-dealkylation sites (tertiary alicyclic amines) is 1. The lowest BCUT2D eigenvalue weighted by molar-refractivity contribution is -0.137. The quantitative estimate of drug-likeness (QED) is 0.795. The molecule has 0 unspecified atom stereocenters. The topological polar surface area (TPSA) is 86.0 Å². The zero-order valence-corrected chi connectivity index (χ0v) is 13.7. The van der Waals surface area contributed by atoms with Crippen LogP contribution in [0, 0.1) is 0 Å². The van der Waals surface area contributed by atoms with E-state index in [0.717, 1.165) is 31.6 Å². The Morgan fingerprint density at radius 2 is 2.04 bits per heavy atom. The summed E-state index contributed by atoms with van der Waals surface area (Å²) < 4.78 is 1.66. The first-order chi connectivity index (χ1) is 10.9. The van der Waals surface area contributed by atoms with E-state index >= 15 is 0 Å². The average Bonchev–Trinajstić information content (AvgIpc) is 2.49. The van der Waals surface area contributed by atoms with Gasteiger partial charge in [-0.2, -0.15) is 0 Å². The van der Waals surface area contributed by atoms with E-state index in [-0.39, 0.29) is 18.7 Å². The normalized spacial score (nSPS) is 16.8. The van der Waals surface area contributed by atoms with Gasteiger partial charge in [-0.3, -0.25) is 14.5 Å². The molecule has 7 nitrogen and oxygen atoms in total. The minimum atomic E-state index is -0.905. The summed E-state index contributed by atoms with van der Waals surface area (Å²) >= 11 is 0. The first-order valence-electron chi connectivity index (χ1n) is 7.89. The van der Waals surface area contributed by atoms with Gasteiger partial charge in [-0.25, -0.2) is 0 Å². The van der Waals surface area contributed by atoms with Crippen molar-refractivity contribution in [1.29, 1.82) is 0 Å². The lowest BCUT2D eigenvalue weighted by Gasteiger charge is -2.35. The Hall–Kier alpha value is -1.86. The maximum atomic E-state index is 11.7. The molecule has 1 aromatic heterocycles. The lowest BCUT2D eigenvalue weighted by Crippen LogP contribution is -2.42. The van der Waals surface area contributed by atoms with Gasteiger partial charge in [0.25, 0.3) is 0 Å². The highest BCUT2D eigenvalue weighted by molar-refractivity contribution is 5.66. The van der Waals surface area contributed by atoms with Crippen molar-refractivity contribution in [3.8, 4) is 5.75 Å². The molecule has 0 radical (unpaired) electrons. The number of carboxylic acid groups (broad SMARTS) is 1. The summed E-state index contributed by atoms with van der Waals surface area (Å²) in [6.07, 6.45) is 3.44. The van der Waals surface area contributed by atoms with Crippen LogP contribution in [0.4, 0.5) is 0 Å². The summed E-state index contributed by atoms with van der Waals surface area (Å²) in [7, 11) is 4.13. The van der Waals surface area contributed by atoms with Crippen molar-refractivity contribution >= 4 is 5.97 Å². The Labute approximate surface area is 135 Å². The van der Waals surface area contributed by atoms with Crippen LogP contribution in [0.1, 0.15) is 25.0 Å². The smallest absolute Gasteiger partial charge is 0.305 e. The maximum Gasteiger partial charge on any atom is 0.305 e. The third-order valence-corrected chi connectivity index (χ3v) is 4.49. The molecular weight excluding hydrogens is 298 g/mol. The van der Waals surface area contributed by atoms with Gasteiger partial charge < -0.3 is 19.7 Å². The van der Waals surface area contributed by atoms with Gasteiger partial charge in [-0.1, -0.05) is 0 Å². The molecule has 1 fully saturated rings. The molecule has 2 heterocycles. The van der Waals surface area contributed by atoms with Gasteiger partial charge in [0.15, 0.2) is 5.75 Å². The molecule has 2 rings (SSSR count). The molecule has 0 spiro atoms. The molecule has 0 amide bonds. The van der Waals surface area contributed by atoms with E-state index < -0.39 is 11.4 Å². The summed E-state index contributed by atoms with van der Waals surface area (Å²) in [5.41, 5.74) is 0.304. The number of aliphatic carboxylic acids is 1. The van der Waals surface area contributed by atoms with Crippen LogP contribution in [0.25, 0.3) is 0 Å². The molecule has 0 saturated carbocycles. The van der Waals surface area contributed by atoms with E-state index in [1.807, 2.05) is 7.05 Å². The van der Waals surface area contributed by atoms with Crippen molar-refractivity contribution in [2.24, 2.45) is 0 Å². The number of carboxylic acids is 1. The molecule has 0 aromatic carbocycles. The molecular formula is C16H25N3O4. The fourth-order valence-corrected chi connectivity index (χ4v) is 2.98.